The number of amides is 2. The number of halogens is 3. The maximum absolute atomic E-state index is 13.3. The molecule has 2 fully saturated rings. The molecule has 5 heterocycles. The molecule has 2 N–H and O–H groups in total. The van der Waals surface area contributed by atoms with E-state index in [1.807, 2.05) is 47.4 Å². The Morgan fingerprint density at radius 3 is 2.63 bits per heavy atom. The second-order valence-electron chi connectivity index (χ2n) is 11.0. The van der Waals surface area contributed by atoms with Gasteiger partial charge in [-0.3, -0.25) is 9.59 Å². The molecule has 3 aromatic rings. The first-order valence-electron chi connectivity index (χ1n) is 14.0. The number of hydrogen-bond donors (Lipinski definition) is 2. The van der Waals surface area contributed by atoms with E-state index in [2.05, 4.69) is 20.7 Å². The highest BCUT2D eigenvalue weighted by molar-refractivity contribution is 5.95. The summed E-state index contributed by atoms with van der Waals surface area (Å²) >= 11 is 0. The highest BCUT2D eigenvalue weighted by Crippen LogP contribution is 2.36. The molecule has 0 bridgehead atoms. The molecule has 3 aliphatic heterocycles. The van der Waals surface area contributed by atoms with E-state index in [0.29, 0.717) is 30.1 Å². The van der Waals surface area contributed by atoms with Crippen molar-refractivity contribution in [3.63, 3.8) is 0 Å². The highest BCUT2D eigenvalue weighted by atomic mass is 19.4. The Hall–Kier alpha value is -3.93. The number of anilines is 2. The maximum Gasteiger partial charge on any atom is 0.389 e. The molecular formula is C29H32F3N7O2. The third-order valence-electron chi connectivity index (χ3n) is 8.34. The Kier molecular flexibility index (Phi) is 7.18. The SMILES string of the molecule is O=C(CCC(F)(F)F)N1CC=C(c2cccn3nc(Nc4ccc(C(=O)N5CCCC56CCNC6)cc4)nc23)CC1. The van der Waals surface area contributed by atoms with Crippen LogP contribution in [0.25, 0.3) is 11.2 Å². The van der Waals surface area contributed by atoms with Crippen LogP contribution in [0.2, 0.25) is 0 Å². The fourth-order valence-corrected chi connectivity index (χ4v) is 6.17. The lowest BCUT2D eigenvalue weighted by atomic mass is 9.94. The third-order valence-corrected chi connectivity index (χ3v) is 8.34. The van der Waals surface area contributed by atoms with Gasteiger partial charge in [-0.2, -0.15) is 18.2 Å². The van der Waals surface area contributed by atoms with Gasteiger partial charge in [0.15, 0.2) is 5.65 Å². The van der Waals surface area contributed by atoms with E-state index in [1.54, 1.807) is 10.7 Å². The minimum Gasteiger partial charge on any atom is -0.339 e. The molecule has 2 saturated heterocycles. The highest BCUT2D eigenvalue weighted by Gasteiger charge is 2.45. The standard InChI is InChI=1S/C29H32F3N7O2/c30-29(31,32)12-8-24(40)37-17-9-20(10-18-37)23-3-1-16-39-25(23)35-27(36-39)34-22-6-4-21(5-7-22)26(41)38-15-2-11-28(38)13-14-33-19-28/h1,3-7,9,16,33H,2,8,10-15,17-19H2,(H,34,36). The zero-order chi connectivity index (χ0) is 28.6. The number of pyridine rings is 1. The Bertz CT molecular complexity index is 1470. The third kappa shape index (κ3) is 5.65. The van der Waals surface area contributed by atoms with E-state index >= 15 is 0 Å². The lowest BCUT2D eigenvalue weighted by Gasteiger charge is -2.34. The number of hydrogen-bond acceptors (Lipinski definition) is 6. The summed E-state index contributed by atoms with van der Waals surface area (Å²) in [6.45, 7) is 3.20. The maximum atomic E-state index is 13.3. The van der Waals surface area contributed by atoms with Gasteiger partial charge in [0.05, 0.1) is 12.0 Å². The lowest BCUT2D eigenvalue weighted by molar-refractivity contribution is -0.148. The number of benzene rings is 1. The molecule has 2 amide bonds. The number of carbonyl (C=O) groups excluding carboxylic acids is 2. The van der Waals surface area contributed by atoms with Crippen LogP contribution in [0.1, 0.15) is 54.4 Å². The minimum atomic E-state index is -4.34. The van der Waals surface area contributed by atoms with Crippen molar-refractivity contribution in [1.29, 1.82) is 0 Å². The van der Waals surface area contributed by atoms with Crippen molar-refractivity contribution >= 4 is 34.7 Å². The molecule has 1 spiro atoms. The van der Waals surface area contributed by atoms with Gasteiger partial charge in [0.25, 0.3) is 5.91 Å². The van der Waals surface area contributed by atoms with Gasteiger partial charge in [0.2, 0.25) is 11.9 Å². The van der Waals surface area contributed by atoms with Gasteiger partial charge >= 0.3 is 6.18 Å². The average molecular weight is 568 g/mol. The molecule has 1 unspecified atom stereocenters. The van der Waals surface area contributed by atoms with Gasteiger partial charge in [-0.15, -0.1) is 5.10 Å². The minimum absolute atomic E-state index is 0.0547. The number of nitrogens with one attached hydrogen (secondary N) is 2. The van der Waals surface area contributed by atoms with Gasteiger partial charge in [0, 0.05) is 55.6 Å². The van der Waals surface area contributed by atoms with Crippen molar-refractivity contribution in [1.82, 2.24) is 29.7 Å². The Balaban J connectivity index is 1.13. The molecule has 0 saturated carbocycles. The van der Waals surface area contributed by atoms with Crippen LogP contribution >= 0.6 is 0 Å². The van der Waals surface area contributed by atoms with Gasteiger partial charge in [-0.25, -0.2) is 4.52 Å². The second kappa shape index (κ2) is 10.8. The topological polar surface area (TPSA) is 94.9 Å². The molecule has 12 heteroatoms. The summed E-state index contributed by atoms with van der Waals surface area (Å²) in [4.78, 5) is 33.7. The molecular weight excluding hydrogens is 535 g/mol. The van der Waals surface area contributed by atoms with Crippen molar-refractivity contribution in [2.45, 2.75) is 50.2 Å². The predicted molar refractivity (Wildman–Crippen MR) is 148 cm³/mol. The van der Waals surface area contributed by atoms with Crippen molar-refractivity contribution in [2.75, 3.05) is 38.0 Å². The molecule has 1 atom stereocenters. The zero-order valence-electron chi connectivity index (χ0n) is 22.6. The van der Waals surface area contributed by atoms with Crippen molar-refractivity contribution in [2.24, 2.45) is 0 Å². The first kappa shape index (κ1) is 27.3. The van der Waals surface area contributed by atoms with Gasteiger partial charge in [0.1, 0.15) is 0 Å². The second-order valence-corrected chi connectivity index (χ2v) is 11.0. The number of aromatic nitrogens is 3. The molecule has 2 aromatic heterocycles. The monoisotopic (exact) mass is 567 g/mol. The van der Waals surface area contributed by atoms with E-state index in [9.17, 15) is 22.8 Å². The van der Waals surface area contributed by atoms with Gasteiger partial charge in [-0.1, -0.05) is 6.08 Å². The summed E-state index contributed by atoms with van der Waals surface area (Å²) < 4.78 is 39.1. The first-order chi connectivity index (χ1) is 19.7. The van der Waals surface area contributed by atoms with Crippen molar-refractivity contribution in [3.05, 3.63) is 59.8 Å². The van der Waals surface area contributed by atoms with Crippen LogP contribution in [0.15, 0.2) is 48.7 Å². The van der Waals surface area contributed by atoms with E-state index in [4.69, 9.17) is 0 Å². The quantitative estimate of drug-likeness (QED) is 0.459. The lowest BCUT2D eigenvalue weighted by Crippen LogP contribution is -2.48. The average Bonchev–Trinajstić information content (AvgIpc) is 3.72. The summed E-state index contributed by atoms with van der Waals surface area (Å²) in [7, 11) is 0. The summed E-state index contributed by atoms with van der Waals surface area (Å²) in [5, 5.41) is 11.2. The predicted octanol–water partition coefficient (Wildman–Crippen LogP) is 4.40. The molecule has 1 aromatic carbocycles. The van der Waals surface area contributed by atoms with E-state index in [-0.39, 0.29) is 18.0 Å². The Morgan fingerprint density at radius 2 is 1.93 bits per heavy atom. The van der Waals surface area contributed by atoms with Crippen LogP contribution in [0.3, 0.4) is 0 Å². The van der Waals surface area contributed by atoms with Crippen LogP contribution < -0.4 is 10.6 Å². The summed E-state index contributed by atoms with van der Waals surface area (Å²) in [5.74, 6) is -0.0324. The zero-order valence-corrected chi connectivity index (χ0v) is 22.6. The normalized spacial score (nSPS) is 21.1. The fraction of sp³-hybridized carbons (Fsp3) is 0.448. The number of nitrogens with zero attached hydrogens (tertiary/aromatic N) is 5. The van der Waals surface area contributed by atoms with Crippen molar-refractivity contribution in [3.8, 4) is 0 Å². The van der Waals surface area contributed by atoms with E-state index < -0.39 is 24.9 Å². The van der Waals surface area contributed by atoms with Gasteiger partial charge in [-0.05, 0) is 74.2 Å². The molecule has 216 valence electrons. The molecule has 6 rings (SSSR count). The van der Waals surface area contributed by atoms with Crippen LogP contribution in [0.5, 0.6) is 0 Å². The summed E-state index contributed by atoms with van der Waals surface area (Å²) in [6.07, 6.45) is 1.26. The number of carbonyl (C=O) groups is 2. The smallest absolute Gasteiger partial charge is 0.339 e. The molecule has 0 radical (unpaired) electrons. The van der Waals surface area contributed by atoms with Crippen LogP contribution in [-0.2, 0) is 4.79 Å². The largest absolute Gasteiger partial charge is 0.389 e. The van der Waals surface area contributed by atoms with Crippen LogP contribution in [0, 0.1) is 0 Å². The van der Waals surface area contributed by atoms with E-state index in [0.717, 1.165) is 55.7 Å². The van der Waals surface area contributed by atoms with E-state index in [1.165, 1.54) is 4.90 Å². The number of likely N-dealkylation sites (tertiary alicyclic amines) is 1. The molecule has 41 heavy (non-hydrogen) atoms. The van der Waals surface area contributed by atoms with Crippen LogP contribution in [-0.4, -0.2) is 80.7 Å². The number of alkyl halides is 3. The number of fused-ring (bicyclic) bond motifs is 1. The van der Waals surface area contributed by atoms with Gasteiger partial charge < -0.3 is 20.4 Å². The van der Waals surface area contributed by atoms with Crippen LogP contribution in [0.4, 0.5) is 24.8 Å². The summed E-state index contributed by atoms with van der Waals surface area (Å²) in [6, 6.07) is 11.1. The molecule has 9 nitrogen and oxygen atoms in total. The fourth-order valence-electron chi connectivity index (χ4n) is 6.17. The first-order valence-corrected chi connectivity index (χ1v) is 14.0. The van der Waals surface area contributed by atoms with Crippen molar-refractivity contribution < 1.29 is 22.8 Å². The number of rotatable bonds is 6. The molecule has 0 aliphatic carbocycles. The molecule has 3 aliphatic rings. The Labute approximate surface area is 235 Å². The summed E-state index contributed by atoms with van der Waals surface area (Å²) in [5.41, 5.74) is 3.81. The Morgan fingerprint density at radius 1 is 1.10 bits per heavy atom.